The maximum absolute atomic E-state index is 12.8. The van der Waals surface area contributed by atoms with E-state index in [4.69, 9.17) is 14.6 Å². The van der Waals surface area contributed by atoms with E-state index in [2.05, 4.69) is 16.3 Å². The molecule has 1 unspecified atom stereocenters. The molecular formula is C29H37N5O3. The first-order valence-electron chi connectivity index (χ1n) is 12.9. The smallest absolute Gasteiger partial charge is 0.251 e. The molecule has 3 aromatic rings. The van der Waals surface area contributed by atoms with Gasteiger partial charge in [-0.25, -0.2) is 0 Å². The van der Waals surface area contributed by atoms with Gasteiger partial charge in [-0.05, 0) is 73.8 Å². The largest absolute Gasteiger partial charge is 0.493 e. The number of anilines is 1. The van der Waals surface area contributed by atoms with Gasteiger partial charge in [-0.2, -0.15) is 5.10 Å². The summed E-state index contributed by atoms with van der Waals surface area (Å²) in [7, 11) is 9.33. The minimum atomic E-state index is -0.00398. The Bertz CT molecular complexity index is 1250. The topological polar surface area (TPSA) is 71.9 Å². The van der Waals surface area contributed by atoms with E-state index < -0.39 is 0 Å². The number of benzene rings is 2. The van der Waals surface area contributed by atoms with Crippen molar-refractivity contribution >= 4 is 11.6 Å². The number of piperidine rings is 3. The van der Waals surface area contributed by atoms with Gasteiger partial charge in [0.25, 0.3) is 5.91 Å². The minimum Gasteiger partial charge on any atom is -0.493 e. The van der Waals surface area contributed by atoms with E-state index in [1.165, 1.54) is 12.1 Å². The molecule has 0 aliphatic carbocycles. The second-order valence-electron chi connectivity index (χ2n) is 10.3. The quantitative estimate of drug-likeness (QED) is 0.505. The summed E-state index contributed by atoms with van der Waals surface area (Å²) >= 11 is 0. The summed E-state index contributed by atoms with van der Waals surface area (Å²) < 4.78 is 12.9. The van der Waals surface area contributed by atoms with Crippen molar-refractivity contribution in [2.75, 3.05) is 52.8 Å². The molecule has 2 bridgehead atoms. The molecule has 3 aliphatic heterocycles. The number of fused-ring (bicyclic) bond motifs is 3. The molecule has 1 N–H and O–H groups in total. The number of amides is 1. The molecule has 8 heteroatoms. The van der Waals surface area contributed by atoms with E-state index in [-0.39, 0.29) is 5.91 Å². The fraction of sp³-hybridized carbons (Fsp3) is 0.448. The molecule has 3 aliphatic rings. The Balaban J connectivity index is 1.24. The molecule has 0 spiro atoms. The van der Waals surface area contributed by atoms with Crippen LogP contribution in [0.1, 0.15) is 34.8 Å². The molecule has 1 amide bonds. The number of methoxy groups -OCH3 is 2. The van der Waals surface area contributed by atoms with Crippen molar-refractivity contribution in [2.45, 2.75) is 24.8 Å². The van der Waals surface area contributed by atoms with E-state index in [0.717, 1.165) is 36.5 Å². The summed E-state index contributed by atoms with van der Waals surface area (Å²) in [5.74, 6) is 2.43. The standard InChI is InChI=1S/C29H37N5O3/c1-32(2)22-9-6-19(7-10-22)29(35)30-17-23-14-20-12-13-34(23)18-24(20)26-16-25(31-33(26)3)21-8-11-27(36-4)28(15-21)37-5/h6-11,15-16,20,23-24H,12-14,17-18H2,1-5H3,(H,30,35)/t20-,23+,24+/m0/s1. The van der Waals surface area contributed by atoms with Crippen LogP contribution in [0.25, 0.3) is 11.3 Å². The lowest BCUT2D eigenvalue weighted by molar-refractivity contribution is 0.0280. The predicted molar refractivity (Wildman–Crippen MR) is 146 cm³/mol. The van der Waals surface area contributed by atoms with Crippen molar-refractivity contribution in [2.24, 2.45) is 13.0 Å². The number of rotatable bonds is 8. The molecule has 4 atom stereocenters. The number of hydrogen-bond donors (Lipinski definition) is 1. The van der Waals surface area contributed by atoms with Crippen LogP contribution in [-0.4, -0.2) is 74.6 Å². The van der Waals surface area contributed by atoms with Gasteiger partial charge in [0.15, 0.2) is 11.5 Å². The van der Waals surface area contributed by atoms with Crippen LogP contribution in [0.4, 0.5) is 5.69 Å². The van der Waals surface area contributed by atoms with Crippen LogP contribution in [0.15, 0.2) is 48.5 Å². The van der Waals surface area contributed by atoms with Gasteiger partial charge in [0.2, 0.25) is 0 Å². The maximum atomic E-state index is 12.8. The molecule has 4 heterocycles. The molecule has 6 rings (SSSR count). The summed E-state index contributed by atoms with van der Waals surface area (Å²) in [6, 6.07) is 16.3. The summed E-state index contributed by atoms with van der Waals surface area (Å²) in [4.78, 5) is 17.3. The molecule has 37 heavy (non-hydrogen) atoms. The van der Waals surface area contributed by atoms with Crippen molar-refractivity contribution in [3.63, 3.8) is 0 Å². The first kappa shape index (κ1) is 25.1. The van der Waals surface area contributed by atoms with Crippen molar-refractivity contribution in [3.05, 3.63) is 59.8 Å². The summed E-state index contributed by atoms with van der Waals surface area (Å²) in [5.41, 5.74) is 5.02. The molecule has 2 aromatic carbocycles. The van der Waals surface area contributed by atoms with E-state index in [1.54, 1.807) is 14.2 Å². The van der Waals surface area contributed by atoms with Crippen molar-refractivity contribution in [3.8, 4) is 22.8 Å². The Morgan fingerprint density at radius 3 is 2.49 bits per heavy atom. The van der Waals surface area contributed by atoms with Gasteiger partial charge in [-0.3, -0.25) is 14.4 Å². The van der Waals surface area contributed by atoms with Crippen LogP contribution in [0.5, 0.6) is 11.5 Å². The van der Waals surface area contributed by atoms with E-state index >= 15 is 0 Å². The first-order chi connectivity index (χ1) is 17.9. The third-order valence-corrected chi connectivity index (χ3v) is 8.00. The first-order valence-corrected chi connectivity index (χ1v) is 12.9. The van der Waals surface area contributed by atoms with Crippen LogP contribution in [0.3, 0.4) is 0 Å². The van der Waals surface area contributed by atoms with E-state index in [1.807, 2.05) is 73.2 Å². The number of nitrogens with zero attached hydrogens (tertiary/aromatic N) is 4. The SMILES string of the molecule is COc1ccc(-c2cc([C@@H]3CN4CC[C@H]3C[C@@H]4CNC(=O)c3ccc(N(C)C)cc3)n(C)n2)cc1OC. The van der Waals surface area contributed by atoms with Gasteiger partial charge in [0.1, 0.15) is 0 Å². The molecule has 0 radical (unpaired) electrons. The van der Waals surface area contributed by atoms with Crippen LogP contribution < -0.4 is 19.7 Å². The number of ether oxygens (including phenoxy) is 2. The highest BCUT2D eigenvalue weighted by Gasteiger charge is 2.41. The summed E-state index contributed by atoms with van der Waals surface area (Å²) in [6.07, 6.45) is 2.26. The van der Waals surface area contributed by atoms with E-state index in [0.29, 0.717) is 41.5 Å². The number of aryl methyl sites for hydroxylation is 1. The Morgan fingerprint density at radius 1 is 1.08 bits per heavy atom. The number of carbonyl (C=O) groups excluding carboxylic acids is 1. The second-order valence-corrected chi connectivity index (χ2v) is 10.3. The Hall–Kier alpha value is -3.52. The zero-order chi connectivity index (χ0) is 26.1. The lowest BCUT2D eigenvalue weighted by atomic mass is 9.74. The third-order valence-electron chi connectivity index (χ3n) is 8.00. The number of hydrogen-bond acceptors (Lipinski definition) is 6. The van der Waals surface area contributed by atoms with Gasteiger partial charge in [-0.15, -0.1) is 0 Å². The van der Waals surface area contributed by atoms with Crippen molar-refractivity contribution in [1.82, 2.24) is 20.0 Å². The molecule has 196 valence electrons. The van der Waals surface area contributed by atoms with Crippen LogP contribution in [0, 0.1) is 5.92 Å². The van der Waals surface area contributed by atoms with Crippen LogP contribution >= 0.6 is 0 Å². The van der Waals surface area contributed by atoms with Crippen LogP contribution in [-0.2, 0) is 7.05 Å². The van der Waals surface area contributed by atoms with E-state index in [9.17, 15) is 4.79 Å². The van der Waals surface area contributed by atoms with Crippen molar-refractivity contribution in [1.29, 1.82) is 0 Å². The Labute approximate surface area is 219 Å². The number of carbonyl (C=O) groups is 1. The summed E-state index contributed by atoms with van der Waals surface area (Å²) in [5, 5.41) is 8.02. The highest BCUT2D eigenvalue weighted by Crippen LogP contribution is 2.42. The van der Waals surface area contributed by atoms with Gasteiger partial charge in [-0.1, -0.05) is 0 Å². The number of nitrogens with one attached hydrogen (secondary N) is 1. The fourth-order valence-electron chi connectivity index (χ4n) is 5.87. The normalized spacial score (nSPS) is 22.5. The van der Waals surface area contributed by atoms with Gasteiger partial charge in [0, 0.05) is 68.7 Å². The average molecular weight is 504 g/mol. The molecule has 3 saturated heterocycles. The molecular weight excluding hydrogens is 466 g/mol. The predicted octanol–water partition coefficient (Wildman–Crippen LogP) is 3.78. The van der Waals surface area contributed by atoms with Crippen LogP contribution in [0.2, 0.25) is 0 Å². The fourth-order valence-corrected chi connectivity index (χ4v) is 5.87. The van der Waals surface area contributed by atoms with Gasteiger partial charge < -0.3 is 19.7 Å². The molecule has 3 fully saturated rings. The zero-order valence-corrected chi connectivity index (χ0v) is 22.4. The lowest BCUT2D eigenvalue weighted by Gasteiger charge is -2.50. The molecule has 0 saturated carbocycles. The monoisotopic (exact) mass is 503 g/mol. The highest BCUT2D eigenvalue weighted by atomic mass is 16.5. The molecule has 1 aromatic heterocycles. The maximum Gasteiger partial charge on any atom is 0.251 e. The van der Waals surface area contributed by atoms with Gasteiger partial charge >= 0.3 is 0 Å². The second kappa shape index (κ2) is 10.5. The average Bonchev–Trinajstić information content (AvgIpc) is 3.32. The highest BCUT2D eigenvalue weighted by molar-refractivity contribution is 5.94. The zero-order valence-electron chi connectivity index (χ0n) is 22.4. The molecule has 8 nitrogen and oxygen atoms in total. The lowest BCUT2D eigenvalue weighted by Crippen LogP contribution is -2.56. The van der Waals surface area contributed by atoms with Gasteiger partial charge in [0.05, 0.1) is 19.9 Å². The Kier molecular flexibility index (Phi) is 7.11. The number of aromatic nitrogens is 2. The minimum absolute atomic E-state index is 0.00398. The third kappa shape index (κ3) is 5.03. The summed E-state index contributed by atoms with van der Waals surface area (Å²) in [6.45, 7) is 2.76. The Morgan fingerprint density at radius 2 is 1.84 bits per heavy atom. The van der Waals surface area contributed by atoms with Crippen molar-refractivity contribution < 1.29 is 14.3 Å².